The molecular formula is C14H17ClN4O4. The van der Waals surface area contributed by atoms with Crippen LogP contribution >= 0.6 is 11.6 Å². The SMILES string of the molecule is C=CCn1c(Cl)nc2[nH]c(=O)n(CCCC(=O)OCC)c(=O)c21. The van der Waals surface area contributed by atoms with Gasteiger partial charge in [-0.25, -0.2) is 4.79 Å². The number of esters is 1. The van der Waals surface area contributed by atoms with E-state index < -0.39 is 11.2 Å². The zero-order chi connectivity index (χ0) is 17.0. The molecule has 2 rings (SSSR count). The van der Waals surface area contributed by atoms with Crippen molar-refractivity contribution in [3.63, 3.8) is 0 Å². The summed E-state index contributed by atoms with van der Waals surface area (Å²) in [5.74, 6) is -0.363. The van der Waals surface area contributed by atoms with Crippen LogP contribution in [0.3, 0.4) is 0 Å². The number of fused-ring (bicyclic) bond motifs is 1. The summed E-state index contributed by atoms with van der Waals surface area (Å²) in [5.41, 5.74) is -0.765. The van der Waals surface area contributed by atoms with Crippen molar-refractivity contribution in [2.24, 2.45) is 0 Å². The predicted molar refractivity (Wildman–Crippen MR) is 85.7 cm³/mol. The van der Waals surface area contributed by atoms with Gasteiger partial charge in [-0.05, 0) is 24.9 Å². The molecule has 2 heterocycles. The van der Waals surface area contributed by atoms with Crippen LogP contribution in [-0.4, -0.2) is 31.7 Å². The number of carbonyl (C=O) groups is 1. The molecule has 0 bridgehead atoms. The molecule has 0 aliphatic rings. The van der Waals surface area contributed by atoms with Gasteiger partial charge in [0, 0.05) is 19.5 Å². The van der Waals surface area contributed by atoms with Crippen molar-refractivity contribution in [1.29, 1.82) is 0 Å². The molecule has 9 heteroatoms. The normalized spacial score (nSPS) is 10.9. The van der Waals surface area contributed by atoms with Gasteiger partial charge in [0.2, 0.25) is 5.28 Å². The monoisotopic (exact) mass is 340 g/mol. The quantitative estimate of drug-likeness (QED) is 0.462. The second-order valence-corrected chi connectivity index (χ2v) is 5.11. The molecule has 124 valence electrons. The number of H-pyrrole nitrogens is 1. The van der Waals surface area contributed by atoms with Gasteiger partial charge in [-0.3, -0.25) is 19.1 Å². The second kappa shape index (κ2) is 7.28. The van der Waals surface area contributed by atoms with Gasteiger partial charge in [0.25, 0.3) is 5.56 Å². The molecule has 1 N–H and O–H groups in total. The zero-order valence-corrected chi connectivity index (χ0v) is 13.4. The molecule has 0 spiro atoms. The van der Waals surface area contributed by atoms with E-state index in [2.05, 4.69) is 16.5 Å². The summed E-state index contributed by atoms with van der Waals surface area (Å²) in [6, 6.07) is 0. The molecule has 2 aromatic heterocycles. The summed E-state index contributed by atoms with van der Waals surface area (Å²) in [5, 5.41) is 0.0944. The van der Waals surface area contributed by atoms with Crippen LogP contribution in [0.1, 0.15) is 19.8 Å². The van der Waals surface area contributed by atoms with Crippen LogP contribution in [0.4, 0.5) is 0 Å². The number of imidazole rings is 1. The molecule has 2 aromatic rings. The fourth-order valence-corrected chi connectivity index (χ4v) is 2.47. The van der Waals surface area contributed by atoms with Gasteiger partial charge >= 0.3 is 11.7 Å². The average Bonchev–Trinajstić information content (AvgIpc) is 2.79. The minimum atomic E-state index is -0.591. The van der Waals surface area contributed by atoms with Crippen molar-refractivity contribution in [2.75, 3.05) is 6.61 Å². The van der Waals surface area contributed by atoms with Gasteiger partial charge in [-0.1, -0.05) is 6.08 Å². The Morgan fingerprint density at radius 2 is 2.17 bits per heavy atom. The van der Waals surface area contributed by atoms with Crippen molar-refractivity contribution in [3.8, 4) is 0 Å². The highest BCUT2D eigenvalue weighted by Gasteiger charge is 2.16. The number of aromatic nitrogens is 4. The van der Waals surface area contributed by atoms with Crippen LogP contribution in [0.15, 0.2) is 22.2 Å². The van der Waals surface area contributed by atoms with E-state index in [1.54, 1.807) is 13.0 Å². The third kappa shape index (κ3) is 3.53. The van der Waals surface area contributed by atoms with Crippen LogP contribution in [0, 0.1) is 0 Å². The van der Waals surface area contributed by atoms with Crippen LogP contribution in [0.25, 0.3) is 11.2 Å². The van der Waals surface area contributed by atoms with Crippen molar-refractivity contribution < 1.29 is 9.53 Å². The van der Waals surface area contributed by atoms with E-state index in [4.69, 9.17) is 16.3 Å². The Morgan fingerprint density at radius 1 is 1.43 bits per heavy atom. The highest BCUT2D eigenvalue weighted by molar-refractivity contribution is 6.29. The van der Waals surface area contributed by atoms with Crippen LogP contribution in [0.2, 0.25) is 5.28 Å². The Kier molecular flexibility index (Phi) is 5.38. The highest BCUT2D eigenvalue weighted by atomic mass is 35.5. The third-order valence-corrected chi connectivity index (χ3v) is 3.51. The highest BCUT2D eigenvalue weighted by Crippen LogP contribution is 2.14. The fourth-order valence-electron chi connectivity index (χ4n) is 2.23. The fraction of sp³-hybridized carbons (Fsp3) is 0.429. The molecular weight excluding hydrogens is 324 g/mol. The Balaban J connectivity index is 2.35. The number of allylic oxidation sites excluding steroid dienone is 1. The first-order valence-electron chi connectivity index (χ1n) is 7.15. The number of rotatable bonds is 7. The predicted octanol–water partition coefficient (Wildman–Crippen LogP) is 1.07. The molecule has 0 fully saturated rings. The van der Waals surface area contributed by atoms with Crippen molar-refractivity contribution in [3.05, 3.63) is 38.8 Å². The maximum absolute atomic E-state index is 12.5. The Morgan fingerprint density at radius 3 is 2.83 bits per heavy atom. The summed E-state index contributed by atoms with van der Waals surface area (Å²) in [6.45, 7) is 6.00. The Bertz CT molecular complexity index is 849. The van der Waals surface area contributed by atoms with Crippen molar-refractivity contribution >= 4 is 28.7 Å². The van der Waals surface area contributed by atoms with E-state index in [9.17, 15) is 14.4 Å². The lowest BCUT2D eigenvalue weighted by molar-refractivity contribution is -0.143. The van der Waals surface area contributed by atoms with Crippen LogP contribution < -0.4 is 11.2 Å². The van der Waals surface area contributed by atoms with Gasteiger partial charge < -0.3 is 9.30 Å². The third-order valence-electron chi connectivity index (χ3n) is 3.22. The number of carbonyl (C=O) groups excluding carboxylic acids is 1. The minimum Gasteiger partial charge on any atom is -0.466 e. The maximum Gasteiger partial charge on any atom is 0.330 e. The van der Waals surface area contributed by atoms with Crippen LogP contribution in [-0.2, 0) is 22.6 Å². The molecule has 0 amide bonds. The van der Waals surface area contributed by atoms with Gasteiger partial charge in [0.1, 0.15) is 0 Å². The summed E-state index contributed by atoms with van der Waals surface area (Å²) in [7, 11) is 0. The molecule has 0 aromatic carbocycles. The lowest BCUT2D eigenvalue weighted by atomic mass is 10.3. The van der Waals surface area contributed by atoms with E-state index in [-0.39, 0.29) is 35.4 Å². The Labute approximate surface area is 136 Å². The molecule has 0 radical (unpaired) electrons. The maximum atomic E-state index is 12.5. The number of nitrogens with zero attached hydrogens (tertiary/aromatic N) is 3. The molecule has 23 heavy (non-hydrogen) atoms. The van der Waals surface area contributed by atoms with Gasteiger partial charge in [-0.2, -0.15) is 4.98 Å². The molecule has 0 aliphatic carbocycles. The van der Waals surface area contributed by atoms with Gasteiger partial charge in [0.15, 0.2) is 11.2 Å². The molecule has 0 atom stereocenters. The van der Waals surface area contributed by atoms with E-state index in [0.29, 0.717) is 19.6 Å². The summed E-state index contributed by atoms with van der Waals surface area (Å²) < 4.78 is 7.30. The molecule has 0 saturated carbocycles. The second-order valence-electron chi connectivity index (χ2n) is 4.77. The number of hydrogen-bond donors (Lipinski definition) is 1. The summed E-state index contributed by atoms with van der Waals surface area (Å²) in [6.07, 6.45) is 2.02. The average molecular weight is 341 g/mol. The summed E-state index contributed by atoms with van der Waals surface area (Å²) >= 11 is 5.98. The van der Waals surface area contributed by atoms with Gasteiger partial charge in [0.05, 0.1) is 6.61 Å². The number of halogens is 1. The van der Waals surface area contributed by atoms with Gasteiger partial charge in [-0.15, -0.1) is 6.58 Å². The molecule has 0 unspecified atom stereocenters. The number of ether oxygens (including phenoxy) is 1. The number of aromatic amines is 1. The molecule has 8 nitrogen and oxygen atoms in total. The summed E-state index contributed by atoms with van der Waals surface area (Å²) in [4.78, 5) is 42.4. The number of nitrogens with one attached hydrogen (secondary N) is 1. The largest absolute Gasteiger partial charge is 0.466 e. The smallest absolute Gasteiger partial charge is 0.330 e. The minimum absolute atomic E-state index is 0.0944. The first kappa shape index (κ1) is 17.0. The topological polar surface area (TPSA) is 99.0 Å². The zero-order valence-electron chi connectivity index (χ0n) is 12.7. The van der Waals surface area contributed by atoms with E-state index in [0.717, 1.165) is 4.57 Å². The van der Waals surface area contributed by atoms with E-state index in [1.165, 1.54) is 4.57 Å². The van der Waals surface area contributed by atoms with Crippen LogP contribution in [0.5, 0.6) is 0 Å². The molecule has 0 aliphatic heterocycles. The lowest BCUT2D eigenvalue weighted by Crippen LogP contribution is -2.36. The standard InChI is InChI=1S/C14H17ClN4O4/c1-3-7-18-10-11(16-13(18)15)17-14(22)19(12(10)21)8-5-6-9(20)23-4-2/h3H,1,4-8H2,2H3,(H,17,22). The number of hydrogen-bond acceptors (Lipinski definition) is 5. The van der Waals surface area contributed by atoms with E-state index >= 15 is 0 Å². The first-order valence-corrected chi connectivity index (χ1v) is 7.52. The lowest BCUT2D eigenvalue weighted by Gasteiger charge is -2.06. The molecule has 0 saturated heterocycles. The van der Waals surface area contributed by atoms with Crippen molar-refractivity contribution in [2.45, 2.75) is 32.9 Å². The Hall–Kier alpha value is -2.35. The first-order chi connectivity index (χ1) is 11.0. The van der Waals surface area contributed by atoms with E-state index in [1.807, 2.05) is 0 Å². The van der Waals surface area contributed by atoms with Crippen molar-refractivity contribution in [1.82, 2.24) is 19.1 Å².